The van der Waals surface area contributed by atoms with Gasteiger partial charge in [0.1, 0.15) is 0 Å². The van der Waals surface area contributed by atoms with Gasteiger partial charge in [-0.05, 0) is 30.3 Å². The number of nitrogen functional groups attached to an aromatic ring is 1. The number of nitrogens with one attached hydrogen (secondary N) is 1. The zero-order chi connectivity index (χ0) is 15.5. The number of hydrogen-bond acceptors (Lipinski definition) is 4. The van der Waals surface area contributed by atoms with Crippen molar-refractivity contribution in [3.8, 4) is 5.69 Å². The number of amides is 1. The van der Waals surface area contributed by atoms with Gasteiger partial charge in [0.25, 0.3) is 5.91 Å². The number of anilines is 1. The molecule has 0 spiro atoms. The number of para-hydroxylation sites is 1. The van der Waals surface area contributed by atoms with Crippen LogP contribution in [0.15, 0.2) is 48.5 Å². The van der Waals surface area contributed by atoms with Gasteiger partial charge < -0.3 is 16.2 Å². The minimum absolute atomic E-state index is 0.115. The molecule has 112 valence electrons. The van der Waals surface area contributed by atoms with Crippen LogP contribution in [0.3, 0.4) is 0 Å². The van der Waals surface area contributed by atoms with Crippen LogP contribution in [0.4, 0.5) is 5.69 Å². The number of rotatable bonds is 4. The lowest BCUT2D eigenvalue weighted by molar-refractivity contribution is 0.0941. The minimum Gasteiger partial charge on any atom is -0.399 e. The number of carbonyl (C=O) groups excluding carboxylic acids is 1. The summed E-state index contributed by atoms with van der Waals surface area (Å²) in [6.07, 6.45) is 0. The Labute approximate surface area is 127 Å². The number of nitrogens with two attached hydrogens (primary N) is 1. The van der Waals surface area contributed by atoms with Gasteiger partial charge in [0.15, 0.2) is 5.69 Å². The van der Waals surface area contributed by atoms with E-state index in [9.17, 15) is 4.79 Å². The predicted molar refractivity (Wildman–Crippen MR) is 84.9 cm³/mol. The predicted octanol–water partition coefficient (Wildman–Crippen LogP) is 1.33. The normalized spacial score (nSPS) is 10.8. The van der Waals surface area contributed by atoms with Crippen LogP contribution in [0.1, 0.15) is 10.5 Å². The van der Waals surface area contributed by atoms with Crippen LogP contribution in [0, 0.1) is 0 Å². The van der Waals surface area contributed by atoms with Crippen LogP contribution in [0.25, 0.3) is 16.6 Å². The summed E-state index contributed by atoms with van der Waals surface area (Å²) in [6, 6.07) is 14.8. The number of hydrogen-bond donors (Lipinski definition) is 3. The topological polar surface area (TPSA) is 93.2 Å². The van der Waals surface area contributed by atoms with Crippen LogP contribution >= 0.6 is 0 Å². The Morgan fingerprint density at radius 3 is 2.73 bits per heavy atom. The summed E-state index contributed by atoms with van der Waals surface area (Å²) in [5, 5.41) is 16.6. The Hall–Kier alpha value is -2.86. The zero-order valence-electron chi connectivity index (χ0n) is 11.9. The Morgan fingerprint density at radius 1 is 1.23 bits per heavy atom. The summed E-state index contributed by atoms with van der Waals surface area (Å²) in [6.45, 7) is 0.0729. The van der Waals surface area contributed by atoms with Gasteiger partial charge in [-0.1, -0.05) is 18.2 Å². The average Bonchev–Trinajstić information content (AvgIpc) is 2.92. The van der Waals surface area contributed by atoms with E-state index in [2.05, 4.69) is 10.4 Å². The van der Waals surface area contributed by atoms with Crippen molar-refractivity contribution in [2.24, 2.45) is 0 Å². The van der Waals surface area contributed by atoms with E-state index in [1.54, 1.807) is 22.9 Å². The molecule has 0 saturated carbocycles. The van der Waals surface area contributed by atoms with Crippen LogP contribution < -0.4 is 11.1 Å². The van der Waals surface area contributed by atoms with E-state index in [4.69, 9.17) is 10.8 Å². The van der Waals surface area contributed by atoms with E-state index >= 15 is 0 Å². The van der Waals surface area contributed by atoms with E-state index < -0.39 is 0 Å². The number of benzene rings is 2. The zero-order valence-corrected chi connectivity index (χ0v) is 11.9. The third kappa shape index (κ3) is 2.51. The third-order valence-corrected chi connectivity index (χ3v) is 3.32. The van der Waals surface area contributed by atoms with Crippen molar-refractivity contribution in [2.75, 3.05) is 18.9 Å². The molecular formula is C16H16N4O2. The molecule has 22 heavy (non-hydrogen) atoms. The first-order chi connectivity index (χ1) is 10.7. The second kappa shape index (κ2) is 5.87. The van der Waals surface area contributed by atoms with Gasteiger partial charge >= 0.3 is 0 Å². The lowest BCUT2D eigenvalue weighted by atomic mass is 10.2. The molecule has 1 amide bonds. The fraction of sp³-hybridized carbons (Fsp3) is 0.125. The van der Waals surface area contributed by atoms with Crippen LogP contribution in [-0.2, 0) is 0 Å². The van der Waals surface area contributed by atoms with Gasteiger partial charge in [0, 0.05) is 17.6 Å². The maximum absolute atomic E-state index is 12.2. The molecule has 0 radical (unpaired) electrons. The molecular weight excluding hydrogens is 280 g/mol. The Balaban J connectivity index is 2.16. The molecule has 1 aromatic heterocycles. The van der Waals surface area contributed by atoms with Crippen LogP contribution in [0.5, 0.6) is 0 Å². The van der Waals surface area contributed by atoms with E-state index in [-0.39, 0.29) is 19.1 Å². The molecule has 0 atom stereocenters. The largest absolute Gasteiger partial charge is 0.399 e. The highest BCUT2D eigenvalue weighted by atomic mass is 16.3. The van der Waals surface area contributed by atoms with Crippen molar-refractivity contribution < 1.29 is 9.90 Å². The fourth-order valence-corrected chi connectivity index (χ4v) is 2.32. The standard InChI is InChI=1S/C16H16N4O2/c17-11-6-7-13-14(10-11)20(12-4-2-1-3-5-12)19-15(13)16(22)18-8-9-21/h1-7,10,21H,8-9,17H2,(H,18,22). The monoisotopic (exact) mass is 296 g/mol. The van der Waals surface area contributed by atoms with E-state index in [1.807, 2.05) is 30.3 Å². The fourth-order valence-electron chi connectivity index (χ4n) is 2.32. The molecule has 0 aliphatic rings. The molecule has 0 aliphatic heterocycles. The van der Waals surface area contributed by atoms with Gasteiger partial charge in [-0.3, -0.25) is 4.79 Å². The van der Waals surface area contributed by atoms with Gasteiger partial charge in [-0.2, -0.15) is 5.10 Å². The quantitative estimate of drug-likeness (QED) is 0.633. The van der Waals surface area contributed by atoms with Crippen LogP contribution in [0.2, 0.25) is 0 Å². The first-order valence-corrected chi connectivity index (χ1v) is 6.93. The molecule has 0 fully saturated rings. The van der Waals surface area contributed by atoms with Gasteiger partial charge in [-0.25, -0.2) is 4.68 Å². The van der Waals surface area contributed by atoms with E-state index in [0.717, 1.165) is 11.2 Å². The van der Waals surface area contributed by atoms with Crippen LogP contribution in [-0.4, -0.2) is 33.9 Å². The Bertz CT molecular complexity index is 812. The molecule has 0 saturated heterocycles. The molecule has 6 nitrogen and oxygen atoms in total. The summed E-state index contributed by atoms with van der Waals surface area (Å²) >= 11 is 0. The average molecular weight is 296 g/mol. The maximum atomic E-state index is 12.2. The Morgan fingerprint density at radius 2 is 2.00 bits per heavy atom. The van der Waals surface area contributed by atoms with Gasteiger partial charge in [0.2, 0.25) is 0 Å². The highest BCUT2D eigenvalue weighted by Gasteiger charge is 2.17. The molecule has 3 aromatic rings. The SMILES string of the molecule is Nc1ccc2c(C(=O)NCCO)nn(-c3ccccc3)c2c1. The Kier molecular flexibility index (Phi) is 3.76. The van der Waals surface area contributed by atoms with Crippen molar-refractivity contribution in [2.45, 2.75) is 0 Å². The van der Waals surface area contributed by atoms with Crippen molar-refractivity contribution in [3.05, 3.63) is 54.2 Å². The highest BCUT2D eigenvalue weighted by molar-refractivity contribution is 6.05. The molecule has 0 aliphatic carbocycles. The van der Waals surface area contributed by atoms with Crippen molar-refractivity contribution >= 4 is 22.5 Å². The minimum atomic E-state index is -0.321. The number of fused-ring (bicyclic) bond motifs is 1. The third-order valence-electron chi connectivity index (χ3n) is 3.32. The smallest absolute Gasteiger partial charge is 0.272 e. The molecule has 4 N–H and O–H groups in total. The summed E-state index contributed by atoms with van der Waals surface area (Å²) < 4.78 is 1.69. The first kappa shape index (κ1) is 14.1. The van der Waals surface area contributed by atoms with E-state index in [0.29, 0.717) is 16.8 Å². The molecule has 0 unspecified atom stereocenters. The van der Waals surface area contributed by atoms with E-state index in [1.165, 1.54) is 0 Å². The molecule has 1 heterocycles. The lowest BCUT2D eigenvalue weighted by Crippen LogP contribution is -2.27. The van der Waals surface area contributed by atoms with Gasteiger partial charge in [0.05, 0.1) is 17.8 Å². The number of aliphatic hydroxyl groups is 1. The number of carbonyl (C=O) groups is 1. The van der Waals surface area contributed by atoms with Gasteiger partial charge in [-0.15, -0.1) is 0 Å². The molecule has 6 heteroatoms. The molecule has 0 bridgehead atoms. The highest BCUT2D eigenvalue weighted by Crippen LogP contribution is 2.24. The first-order valence-electron chi connectivity index (χ1n) is 6.93. The van der Waals surface area contributed by atoms with Crippen molar-refractivity contribution in [1.29, 1.82) is 0 Å². The second-order valence-electron chi connectivity index (χ2n) is 4.85. The lowest BCUT2D eigenvalue weighted by Gasteiger charge is -2.03. The number of aliphatic hydroxyl groups excluding tert-OH is 1. The summed E-state index contributed by atoms with van der Waals surface area (Å²) in [4.78, 5) is 12.2. The summed E-state index contributed by atoms with van der Waals surface area (Å²) in [7, 11) is 0. The van der Waals surface area contributed by atoms with Crippen molar-refractivity contribution in [3.63, 3.8) is 0 Å². The number of nitrogens with zero attached hydrogens (tertiary/aromatic N) is 2. The number of aromatic nitrogens is 2. The summed E-state index contributed by atoms with van der Waals surface area (Å²) in [5.41, 5.74) is 8.39. The summed E-state index contributed by atoms with van der Waals surface area (Å²) in [5.74, 6) is -0.321. The second-order valence-corrected chi connectivity index (χ2v) is 4.85. The maximum Gasteiger partial charge on any atom is 0.272 e. The molecule has 3 rings (SSSR count). The van der Waals surface area contributed by atoms with Crippen molar-refractivity contribution in [1.82, 2.24) is 15.1 Å². The molecule has 2 aromatic carbocycles.